The van der Waals surface area contributed by atoms with Crippen molar-refractivity contribution in [3.8, 4) is 0 Å². The zero-order chi connectivity index (χ0) is 13.3. The molecule has 1 aromatic carbocycles. The van der Waals surface area contributed by atoms with E-state index in [0.29, 0.717) is 0 Å². The molecule has 1 aliphatic rings. The predicted molar refractivity (Wildman–Crippen MR) is 74.8 cm³/mol. The van der Waals surface area contributed by atoms with Crippen molar-refractivity contribution in [1.82, 2.24) is 14.8 Å². The van der Waals surface area contributed by atoms with Crippen LogP contribution in [-0.4, -0.2) is 20.3 Å². The van der Waals surface area contributed by atoms with Gasteiger partial charge in [0.1, 0.15) is 12.2 Å². The molecule has 0 aliphatic heterocycles. The summed E-state index contributed by atoms with van der Waals surface area (Å²) in [6, 6.07) is 8.54. The molecule has 4 heteroatoms. The van der Waals surface area contributed by atoms with Crippen LogP contribution in [0.3, 0.4) is 0 Å². The predicted octanol–water partition coefficient (Wildman–Crippen LogP) is 1.73. The average molecular weight is 256 g/mol. The van der Waals surface area contributed by atoms with Crippen LogP contribution in [0.25, 0.3) is 0 Å². The van der Waals surface area contributed by atoms with Crippen LogP contribution in [0.5, 0.6) is 0 Å². The highest BCUT2D eigenvalue weighted by atomic mass is 15.3. The fourth-order valence-corrected chi connectivity index (χ4v) is 2.99. The van der Waals surface area contributed by atoms with Gasteiger partial charge in [-0.25, -0.2) is 4.98 Å². The van der Waals surface area contributed by atoms with Gasteiger partial charge in [-0.2, -0.15) is 5.10 Å². The highest BCUT2D eigenvalue weighted by Crippen LogP contribution is 2.30. The first kappa shape index (κ1) is 12.4. The Morgan fingerprint density at radius 3 is 2.58 bits per heavy atom. The third-order valence-corrected chi connectivity index (χ3v) is 3.84. The van der Waals surface area contributed by atoms with Gasteiger partial charge >= 0.3 is 0 Å². The quantitative estimate of drug-likeness (QED) is 0.906. The minimum Gasteiger partial charge on any atom is -0.324 e. The Hall–Kier alpha value is -1.68. The Bertz CT molecular complexity index is 548. The summed E-state index contributed by atoms with van der Waals surface area (Å²) in [4.78, 5) is 4.38. The summed E-state index contributed by atoms with van der Waals surface area (Å²) in [7, 11) is 0. The van der Waals surface area contributed by atoms with E-state index in [1.165, 1.54) is 11.1 Å². The molecule has 1 heterocycles. The highest BCUT2D eigenvalue weighted by Gasteiger charge is 2.34. The van der Waals surface area contributed by atoms with Crippen LogP contribution in [0.1, 0.15) is 30.3 Å². The van der Waals surface area contributed by atoms with Crippen molar-refractivity contribution in [2.24, 2.45) is 5.73 Å². The van der Waals surface area contributed by atoms with Crippen molar-refractivity contribution in [2.75, 3.05) is 0 Å². The Kier molecular flexibility index (Phi) is 3.11. The number of nitrogens with zero attached hydrogens (tertiary/aromatic N) is 3. The first-order valence-electron chi connectivity index (χ1n) is 6.92. The molecule has 0 saturated carbocycles. The maximum absolute atomic E-state index is 6.58. The molecular weight excluding hydrogens is 236 g/mol. The summed E-state index contributed by atoms with van der Waals surface area (Å²) in [5.41, 5.74) is 9.14. The lowest BCUT2D eigenvalue weighted by molar-refractivity contribution is 0.418. The summed E-state index contributed by atoms with van der Waals surface area (Å²) in [5.74, 6) is 1.01. The van der Waals surface area contributed by atoms with E-state index in [1.807, 2.05) is 4.68 Å². The van der Waals surface area contributed by atoms with Crippen molar-refractivity contribution in [3.63, 3.8) is 0 Å². The van der Waals surface area contributed by atoms with Gasteiger partial charge in [-0.15, -0.1) is 0 Å². The number of nitrogens with two attached hydrogens (primary N) is 1. The summed E-state index contributed by atoms with van der Waals surface area (Å²) in [6.45, 7) is 3.06. The number of rotatable bonds is 4. The number of hydrogen-bond acceptors (Lipinski definition) is 3. The van der Waals surface area contributed by atoms with Crippen LogP contribution in [-0.2, 0) is 25.8 Å². The van der Waals surface area contributed by atoms with E-state index in [1.54, 1.807) is 6.33 Å². The van der Waals surface area contributed by atoms with E-state index in [-0.39, 0.29) is 5.54 Å². The fraction of sp³-hybridized carbons (Fsp3) is 0.467. The summed E-state index contributed by atoms with van der Waals surface area (Å²) >= 11 is 0. The molecule has 0 unspecified atom stereocenters. The van der Waals surface area contributed by atoms with E-state index >= 15 is 0 Å². The van der Waals surface area contributed by atoms with Gasteiger partial charge in [0, 0.05) is 18.5 Å². The standard InChI is InChI=1S/C15H20N4/c1-2-7-19-14(17-11-18-19)10-15(16)8-12-5-3-4-6-13(12)9-15/h3-6,11H,2,7-10,16H2,1H3. The third-order valence-electron chi connectivity index (χ3n) is 3.84. The molecule has 0 fully saturated rings. The molecule has 1 aliphatic carbocycles. The summed E-state index contributed by atoms with van der Waals surface area (Å²) in [5, 5.41) is 4.28. The number of hydrogen-bond donors (Lipinski definition) is 1. The van der Waals surface area contributed by atoms with Gasteiger partial charge in [-0.05, 0) is 30.4 Å². The van der Waals surface area contributed by atoms with Gasteiger partial charge in [0.25, 0.3) is 0 Å². The third kappa shape index (κ3) is 2.40. The molecule has 2 N–H and O–H groups in total. The number of fused-ring (bicyclic) bond motifs is 1. The first-order chi connectivity index (χ1) is 9.20. The zero-order valence-corrected chi connectivity index (χ0v) is 11.3. The van der Waals surface area contributed by atoms with Gasteiger partial charge in [0.15, 0.2) is 0 Å². The molecule has 4 nitrogen and oxygen atoms in total. The van der Waals surface area contributed by atoms with Gasteiger partial charge in [-0.1, -0.05) is 31.2 Å². The van der Waals surface area contributed by atoms with Crippen LogP contribution in [0.4, 0.5) is 0 Å². The largest absolute Gasteiger partial charge is 0.324 e. The average Bonchev–Trinajstić information content (AvgIpc) is 2.93. The molecular formula is C15H20N4. The lowest BCUT2D eigenvalue weighted by Crippen LogP contribution is -2.43. The van der Waals surface area contributed by atoms with Crippen molar-refractivity contribution < 1.29 is 0 Å². The monoisotopic (exact) mass is 256 g/mol. The number of aryl methyl sites for hydroxylation is 1. The molecule has 2 aromatic rings. The Labute approximate surface area is 113 Å². The van der Waals surface area contributed by atoms with Gasteiger partial charge in [0.2, 0.25) is 0 Å². The number of benzene rings is 1. The zero-order valence-electron chi connectivity index (χ0n) is 11.3. The Balaban J connectivity index is 1.79. The van der Waals surface area contributed by atoms with E-state index < -0.39 is 0 Å². The van der Waals surface area contributed by atoms with Gasteiger partial charge in [-0.3, -0.25) is 4.68 Å². The molecule has 3 rings (SSSR count). The topological polar surface area (TPSA) is 56.7 Å². The summed E-state index contributed by atoms with van der Waals surface area (Å²) < 4.78 is 1.98. The molecule has 100 valence electrons. The van der Waals surface area contributed by atoms with Crippen LogP contribution >= 0.6 is 0 Å². The van der Waals surface area contributed by atoms with Crippen LogP contribution in [0.15, 0.2) is 30.6 Å². The second kappa shape index (κ2) is 4.78. The smallest absolute Gasteiger partial charge is 0.138 e. The van der Waals surface area contributed by atoms with E-state index in [0.717, 1.165) is 38.1 Å². The first-order valence-corrected chi connectivity index (χ1v) is 6.92. The van der Waals surface area contributed by atoms with Crippen molar-refractivity contribution >= 4 is 0 Å². The van der Waals surface area contributed by atoms with Crippen LogP contribution < -0.4 is 5.73 Å². The molecule has 19 heavy (non-hydrogen) atoms. The molecule has 0 saturated heterocycles. The molecule has 0 radical (unpaired) electrons. The van der Waals surface area contributed by atoms with Gasteiger partial charge < -0.3 is 5.73 Å². The molecule has 0 amide bonds. The van der Waals surface area contributed by atoms with Crippen molar-refractivity contribution in [1.29, 1.82) is 0 Å². The molecule has 0 atom stereocenters. The van der Waals surface area contributed by atoms with Crippen LogP contribution in [0.2, 0.25) is 0 Å². The van der Waals surface area contributed by atoms with E-state index in [9.17, 15) is 0 Å². The van der Waals surface area contributed by atoms with Crippen molar-refractivity contribution in [2.45, 2.75) is 44.7 Å². The second-order valence-electron chi connectivity index (χ2n) is 5.56. The Morgan fingerprint density at radius 1 is 1.26 bits per heavy atom. The maximum atomic E-state index is 6.58. The van der Waals surface area contributed by atoms with Crippen molar-refractivity contribution in [3.05, 3.63) is 47.5 Å². The van der Waals surface area contributed by atoms with Crippen LogP contribution in [0, 0.1) is 0 Å². The number of aromatic nitrogens is 3. The second-order valence-corrected chi connectivity index (χ2v) is 5.56. The minimum absolute atomic E-state index is 0.206. The normalized spacial score (nSPS) is 16.5. The summed E-state index contributed by atoms with van der Waals surface area (Å²) in [6.07, 6.45) is 5.36. The fourth-order valence-electron chi connectivity index (χ4n) is 2.99. The molecule has 0 bridgehead atoms. The van der Waals surface area contributed by atoms with E-state index in [2.05, 4.69) is 41.3 Å². The lowest BCUT2D eigenvalue weighted by Gasteiger charge is -2.23. The lowest BCUT2D eigenvalue weighted by atomic mass is 9.92. The Morgan fingerprint density at radius 2 is 1.95 bits per heavy atom. The molecule has 0 spiro atoms. The van der Waals surface area contributed by atoms with E-state index in [4.69, 9.17) is 5.73 Å². The van der Waals surface area contributed by atoms with Gasteiger partial charge in [0.05, 0.1) is 0 Å². The molecule has 1 aromatic heterocycles. The highest BCUT2D eigenvalue weighted by molar-refractivity contribution is 5.36. The minimum atomic E-state index is -0.206. The maximum Gasteiger partial charge on any atom is 0.138 e. The SMILES string of the molecule is CCCn1ncnc1CC1(N)Cc2ccccc2C1.